The third-order valence-corrected chi connectivity index (χ3v) is 2.70. The molecule has 1 aromatic carbocycles. The van der Waals surface area contributed by atoms with Crippen molar-refractivity contribution in [2.24, 2.45) is 0 Å². The maximum atomic E-state index is 11.5. The van der Waals surface area contributed by atoms with Crippen molar-refractivity contribution in [3.8, 4) is 11.3 Å². The highest BCUT2D eigenvalue weighted by Crippen LogP contribution is 2.19. The molecule has 0 fully saturated rings. The van der Waals surface area contributed by atoms with Gasteiger partial charge in [-0.2, -0.15) is 0 Å². The average Bonchev–Trinajstić information content (AvgIpc) is 2.95. The van der Waals surface area contributed by atoms with Gasteiger partial charge in [0.25, 0.3) is 0 Å². The maximum Gasteiger partial charge on any atom is 0.315 e. The van der Waals surface area contributed by atoms with Crippen LogP contribution in [0.5, 0.6) is 0 Å². The first-order valence-electron chi connectivity index (χ1n) is 6.35. The summed E-state index contributed by atoms with van der Waals surface area (Å²) in [6.45, 7) is 1.87. The zero-order chi connectivity index (χ0) is 14.4. The lowest BCUT2D eigenvalue weighted by molar-refractivity contribution is 0.220. The Morgan fingerprint density at radius 2 is 2.15 bits per heavy atom. The van der Waals surface area contributed by atoms with E-state index in [1.54, 1.807) is 13.0 Å². The van der Waals surface area contributed by atoms with Gasteiger partial charge in [0.2, 0.25) is 0 Å². The number of hydrogen-bond acceptors (Lipinski definition) is 4. The third kappa shape index (κ3) is 3.83. The Balaban J connectivity index is 1.89. The van der Waals surface area contributed by atoms with E-state index in [1.165, 1.54) is 0 Å². The molecule has 106 valence electrons. The molecule has 0 aliphatic heterocycles. The molecule has 0 saturated carbocycles. The van der Waals surface area contributed by atoms with Crippen molar-refractivity contribution in [1.82, 2.24) is 15.8 Å². The van der Waals surface area contributed by atoms with Crippen molar-refractivity contribution in [1.29, 1.82) is 0 Å². The van der Waals surface area contributed by atoms with Gasteiger partial charge in [0.15, 0.2) is 5.76 Å². The summed E-state index contributed by atoms with van der Waals surface area (Å²) >= 11 is 0. The van der Waals surface area contributed by atoms with Gasteiger partial charge < -0.3 is 20.3 Å². The van der Waals surface area contributed by atoms with Gasteiger partial charge in [-0.15, -0.1) is 0 Å². The van der Waals surface area contributed by atoms with Gasteiger partial charge in [0.05, 0.1) is 19.2 Å². The summed E-state index contributed by atoms with van der Waals surface area (Å²) in [6, 6.07) is 10.8. The van der Waals surface area contributed by atoms with Crippen LogP contribution in [0.4, 0.5) is 4.79 Å². The summed E-state index contributed by atoms with van der Waals surface area (Å²) in [5.74, 6) is 0.659. The summed E-state index contributed by atoms with van der Waals surface area (Å²) < 4.78 is 5.22. The molecule has 2 aromatic rings. The fourth-order valence-electron chi connectivity index (χ4n) is 1.62. The second-order valence-corrected chi connectivity index (χ2v) is 4.46. The first-order valence-corrected chi connectivity index (χ1v) is 6.35. The lowest BCUT2D eigenvalue weighted by atomic mass is 10.2. The number of carbonyl (C=O) groups is 1. The number of hydrogen-bond donors (Lipinski definition) is 3. The molecule has 0 radical (unpaired) electrons. The van der Waals surface area contributed by atoms with Crippen LogP contribution in [-0.2, 0) is 6.54 Å². The normalized spacial score (nSPS) is 11.9. The Kier molecular flexibility index (Phi) is 4.73. The molecule has 0 aliphatic carbocycles. The molecular formula is C14H17N3O3. The standard InChI is InChI=1S/C14H17N3O3/c1-10(9-18)16-14(19)15-8-12-7-13(20-17-12)11-5-3-2-4-6-11/h2-7,10,18H,8-9H2,1H3,(H2,15,16,19). The van der Waals surface area contributed by atoms with Crippen molar-refractivity contribution in [2.45, 2.75) is 19.5 Å². The Hall–Kier alpha value is -2.34. The summed E-state index contributed by atoms with van der Waals surface area (Å²) in [5, 5.41) is 18.0. The van der Waals surface area contributed by atoms with E-state index < -0.39 is 0 Å². The van der Waals surface area contributed by atoms with E-state index in [0.717, 1.165) is 5.56 Å². The number of aliphatic hydroxyl groups is 1. The van der Waals surface area contributed by atoms with Crippen LogP contribution < -0.4 is 10.6 Å². The fraction of sp³-hybridized carbons (Fsp3) is 0.286. The fourth-order valence-corrected chi connectivity index (χ4v) is 1.62. The number of rotatable bonds is 5. The van der Waals surface area contributed by atoms with E-state index in [0.29, 0.717) is 11.5 Å². The number of carbonyl (C=O) groups excluding carboxylic acids is 1. The second-order valence-electron chi connectivity index (χ2n) is 4.46. The van der Waals surface area contributed by atoms with Crippen LogP contribution in [0.15, 0.2) is 40.9 Å². The van der Waals surface area contributed by atoms with Gasteiger partial charge in [-0.05, 0) is 6.92 Å². The van der Waals surface area contributed by atoms with Crippen LogP contribution in [0, 0.1) is 0 Å². The number of urea groups is 1. The molecule has 0 saturated heterocycles. The van der Waals surface area contributed by atoms with Crippen LogP contribution in [-0.4, -0.2) is 28.9 Å². The van der Waals surface area contributed by atoms with Gasteiger partial charge in [0.1, 0.15) is 5.69 Å². The lowest BCUT2D eigenvalue weighted by Crippen LogP contribution is -2.41. The second kappa shape index (κ2) is 6.72. The molecule has 1 unspecified atom stereocenters. The Morgan fingerprint density at radius 1 is 1.40 bits per heavy atom. The predicted molar refractivity (Wildman–Crippen MR) is 73.9 cm³/mol. The van der Waals surface area contributed by atoms with Crippen LogP contribution >= 0.6 is 0 Å². The number of aromatic nitrogens is 1. The number of amides is 2. The van der Waals surface area contributed by atoms with E-state index >= 15 is 0 Å². The largest absolute Gasteiger partial charge is 0.394 e. The maximum absolute atomic E-state index is 11.5. The topological polar surface area (TPSA) is 87.4 Å². The van der Waals surface area contributed by atoms with Crippen molar-refractivity contribution in [3.05, 3.63) is 42.1 Å². The van der Waals surface area contributed by atoms with Gasteiger partial charge in [-0.25, -0.2) is 4.79 Å². The van der Waals surface area contributed by atoms with E-state index in [9.17, 15) is 4.79 Å². The number of aliphatic hydroxyl groups excluding tert-OH is 1. The predicted octanol–water partition coefficient (Wildman–Crippen LogP) is 1.52. The molecule has 1 heterocycles. The van der Waals surface area contributed by atoms with Crippen LogP contribution in [0.1, 0.15) is 12.6 Å². The Morgan fingerprint density at radius 3 is 2.85 bits per heavy atom. The van der Waals surface area contributed by atoms with E-state index in [1.807, 2.05) is 30.3 Å². The highest BCUT2D eigenvalue weighted by Gasteiger charge is 2.09. The van der Waals surface area contributed by atoms with Gasteiger partial charge in [0, 0.05) is 11.6 Å². The first-order chi connectivity index (χ1) is 9.69. The minimum absolute atomic E-state index is 0.102. The molecule has 6 nitrogen and oxygen atoms in total. The molecule has 20 heavy (non-hydrogen) atoms. The van der Waals surface area contributed by atoms with Crippen LogP contribution in [0.3, 0.4) is 0 Å². The van der Waals surface area contributed by atoms with Gasteiger partial charge in [-0.1, -0.05) is 35.5 Å². The van der Waals surface area contributed by atoms with Crippen LogP contribution in [0.2, 0.25) is 0 Å². The quantitative estimate of drug-likeness (QED) is 0.772. The molecule has 1 aromatic heterocycles. The highest BCUT2D eigenvalue weighted by molar-refractivity contribution is 5.74. The highest BCUT2D eigenvalue weighted by atomic mass is 16.5. The zero-order valence-corrected chi connectivity index (χ0v) is 11.2. The molecule has 1 atom stereocenters. The number of nitrogens with zero attached hydrogens (tertiary/aromatic N) is 1. The van der Waals surface area contributed by atoms with Crippen molar-refractivity contribution < 1.29 is 14.4 Å². The SMILES string of the molecule is CC(CO)NC(=O)NCc1cc(-c2ccccc2)on1. The molecule has 3 N–H and O–H groups in total. The Bertz CT molecular complexity index is 554. The van der Waals surface area contributed by atoms with E-state index in [-0.39, 0.29) is 25.2 Å². The van der Waals surface area contributed by atoms with Crippen molar-refractivity contribution in [2.75, 3.05) is 6.61 Å². The summed E-state index contributed by atoms with van der Waals surface area (Å²) in [4.78, 5) is 11.5. The molecule has 0 spiro atoms. The third-order valence-electron chi connectivity index (χ3n) is 2.70. The monoisotopic (exact) mass is 275 g/mol. The summed E-state index contributed by atoms with van der Waals surface area (Å²) in [5.41, 5.74) is 1.57. The van der Waals surface area contributed by atoms with Crippen molar-refractivity contribution >= 4 is 6.03 Å². The molecular weight excluding hydrogens is 258 g/mol. The van der Waals surface area contributed by atoms with Gasteiger partial charge in [-0.3, -0.25) is 0 Å². The lowest BCUT2D eigenvalue weighted by Gasteiger charge is -2.10. The minimum Gasteiger partial charge on any atom is -0.394 e. The molecule has 6 heteroatoms. The molecule has 2 rings (SSSR count). The molecule has 0 aliphatic rings. The molecule has 0 bridgehead atoms. The average molecular weight is 275 g/mol. The smallest absolute Gasteiger partial charge is 0.315 e. The number of nitrogens with one attached hydrogen (secondary N) is 2. The summed E-state index contributed by atoms with van der Waals surface area (Å²) in [7, 11) is 0. The summed E-state index contributed by atoms with van der Waals surface area (Å²) in [6.07, 6.45) is 0. The van der Waals surface area contributed by atoms with E-state index in [2.05, 4.69) is 15.8 Å². The Labute approximate surface area is 116 Å². The van der Waals surface area contributed by atoms with Crippen LogP contribution in [0.25, 0.3) is 11.3 Å². The zero-order valence-electron chi connectivity index (χ0n) is 11.2. The molecule has 2 amide bonds. The van der Waals surface area contributed by atoms with Crippen molar-refractivity contribution in [3.63, 3.8) is 0 Å². The van der Waals surface area contributed by atoms with Gasteiger partial charge >= 0.3 is 6.03 Å². The van der Waals surface area contributed by atoms with E-state index in [4.69, 9.17) is 9.63 Å². The first kappa shape index (κ1) is 14.1. The minimum atomic E-state index is -0.351. The number of benzene rings is 1.